The molecule has 1 heterocycles. The Morgan fingerprint density at radius 1 is 1.43 bits per heavy atom. The fourth-order valence-corrected chi connectivity index (χ4v) is 1.36. The summed E-state index contributed by atoms with van der Waals surface area (Å²) in [7, 11) is 0. The van der Waals surface area contributed by atoms with Crippen LogP contribution in [0.15, 0.2) is 6.58 Å². The van der Waals surface area contributed by atoms with Gasteiger partial charge in [-0.2, -0.15) is 0 Å². The summed E-state index contributed by atoms with van der Waals surface area (Å²) in [4.78, 5) is 7.80. The molecule has 1 rings (SSSR count). The van der Waals surface area contributed by atoms with Crippen LogP contribution in [0.1, 0.15) is 18.2 Å². The Morgan fingerprint density at radius 2 is 2.07 bits per heavy atom. The molecule has 1 aromatic rings. The molecule has 0 spiro atoms. The van der Waals surface area contributed by atoms with Crippen LogP contribution < -0.4 is 0 Å². The molecule has 0 saturated heterocycles. The third-order valence-electron chi connectivity index (χ3n) is 1.64. The normalized spacial score (nSPS) is 10.0. The van der Waals surface area contributed by atoms with Gasteiger partial charge in [0.25, 0.3) is 0 Å². The summed E-state index contributed by atoms with van der Waals surface area (Å²) in [5.74, 6) is 0.455. The number of rotatable bonds is 3. The minimum absolute atomic E-state index is 0.0939. The zero-order valence-electron chi connectivity index (χ0n) is 7.97. The van der Waals surface area contributed by atoms with Crippen molar-refractivity contribution in [2.45, 2.75) is 13.8 Å². The van der Waals surface area contributed by atoms with Gasteiger partial charge >= 0.3 is 0 Å². The lowest BCUT2D eigenvalue weighted by molar-refractivity contribution is 0.297. The van der Waals surface area contributed by atoms with Crippen LogP contribution in [-0.2, 0) is 4.74 Å². The highest BCUT2D eigenvalue weighted by atomic mass is 35.5. The first-order valence-electron chi connectivity index (χ1n) is 4.08. The molecule has 0 atom stereocenters. The molecule has 0 aromatic carbocycles. The molecule has 0 bridgehead atoms. The molecule has 0 aliphatic rings. The van der Waals surface area contributed by atoms with Gasteiger partial charge in [-0.25, -0.2) is 9.97 Å². The Hall–Kier alpha value is -0.800. The van der Waals surface area contributed by atoms with Crippen LogP contribution in [0.2, 0.25) is 10.4 Å². The van der Waals surface area contributed by atoms with Crippen molar-refractivity contribution in [1.82, 2.24) is 9.97 Å². The second kappa shape index (κ2) is 4.62. The van der Waals surface area contributed by atoms with Gasteiger partial charge in [0.1, 0.15) is 16.6 Å². The number of ether oxygens (including phenoxy) is 1. The van der Waals surface area contributed by atoms with Crippen LogP contribution in [0.5, 0.6) is 0 Å². The van der Waals surface area contributed by atoms with Crippen LogP contribution >= 0.6 is 23.2 Å². The molecule has 1 aromatic heterocycles. The van der Waals surface area contributed by atoms with Gasteiger partial charge in [-0.3, -0.25) is 0 Å². The first kappa shape index (κ1) is 11.3. The minimum Gasteiger partial charge on any atom is -0.492 e. The average molecular weight is 233 g/mol. The zero-order chi connectivity index (χ0) is 10.7. The van der Waals surface area contributed by atoms with Gasteiger partial charge in [-0.05, 0) is 25.4 Å². The van der Waals surface area contributed by atoms with Gasteiger partial charge in [0.2, 0.25) is 5.28 Å². The molecule has 76 valence electrons. The van der Waals surface area contributed by atoms with Crippen molar-refractivity contribution >= 4 is 29.0 Å². The third-order valence-corrected chi connectivity index (χ3v) is 2.18. The van der Waals surface area contributed by atoms with Crippen molar-refractivity contribution in [3.8, 4) is 0 Å². The van der Waals surface area contributed by atoms with Crippen molar-refractivity contribution in [2.75, 3.05) is 6.61 Å². The second-order valence-electron chi connectivity index (χ2n) is 2.61. The monoisotopic (exact) mass is 232 g/mol. The van der Waals surface area contributed by atoms with Crippen molar-refractivity contribution < 1.29 is 4.74 Å². The van der Waals surface area contributed by atoms with Crippen LogP contribution in [0, 0.1) is 6.92 Å². The van der Waals surface area contributed by atoms with E-state index in [-0.39, 0.29) is 5.28 Å². The van der Waals surface area contributed by atoms with E-state index in [4.69, 9.17) is 27.9 Å². The maximum Gasteiger partial charge on any atom is 0.224 e. The van der Waals surface area contributed by atoms with Crippen LogP contribution in [0.3, 0.4) is 0 Å². The van der Waals surface area contributed by atoms with Crippen LogP contribution in [0.25, 0.3) is 5.76 Å². The zero-order valence-corrected chi connectivity index (χ0v) is 9.48. The number of aromatic nitrogens is 2. The second-order valence-corrected chi connectivity index (χ2v) is 3.31. The molecule has 0 radical (unpaired) electrons. The SMILES string of the molecule is C=C(OCC)c1nc(Cl)nc(Cl)c1C. The summed E-state index contributed by atoms with van der Waals surface area (Å²) in [5.41, 5.74) is 1.27. The summed E-state index contributed by atoms with van der Waals surface area (Å²) in [5, 5.41) is 0.414. The summed E-state index contributed by atoms with van der Waals surface area (Å²) in [6.45, 7) is 7.91. The molecule has 3 nitrogen and oxygen atoms in total. The van der Waals surface area contributed by atoms with Gasteiger partial charge in [0.05, 0.1) is 6.61 Å². The van der Waals surface area contributed by atoms with E-state index in [1.807, 2.05) is 6.92 Å². The Kier molecular flexibility index (Phi) is 3.72. The number of halogens is 2. The van der Waals surface area contributed by atoms with E-state index < -0.39 is 0 Å². The highest BCUT2D eigenvalue weighted by molar-refractivity contribution is 6.32. The molecular weight excluding hydrogens is 223 g/mol. The highest BCUT2D eigenvalue weighted by Crippen LogP contribution is 2.23. The van der Waals surface area contributed by atoms with Crippen LogP contribution in [-0.4, -0.2) is 16.6 Å². The predicted molar refractivity (Wildman–Crippen MR) is 57.4 cm³/mol. The number of nitrogens with zero attached hydrogens (tertiary/aromatic N) is 2. The highest BCUT2D eigenvalue weighted by Gasteiger charge is 2.11. The average Bonchev–Trinajstić information content (AvgIpc) is 2.11. The number of hydrogen-bond acceptors (Lipinski definition) is 3. The van der Waals surface area contributed by atoms with Crippen molar-refractivity contribution in [2.24, 2.45) is 0 Å². The minimum atomic E-state index is 0.0939. The smallest absolute Gasteiger partial charge is 0.224 e. The topological polar surface area (TPSA) is 35.0 Å². The molecule has 0 fully saturated rings. The lowest BCUT2D eigenvalue weighted by Crippen LogP contribution is -2.00. The molecule has 14 heavy (non-hydrogen) atoms. The van der Waals surface area contributed by atoms with E-state index in [9.17, 15) is 0 Å². The largest absolute Gasteiger partial charge is 0.492 e. The lowest BCUT2D eigenvalue weighted by atomic mass is 10.2. The fraction of sp³-hybridized carbons (Fsp3) is 0.333. The molecule has 0 aliphatic carbocycles. The van der Waals surface area contributed by atoms with Crippen molar-refractivity contribution in [3.05, 3.63) is 28.3 Å². The molecule has 0 unspecified atom stereocenters. The quantitative estimate of drug-likeness (QED) is 0.457. The standard InChI is InChI=1S/C9H10Cl2N2O/c1-4-14-6(3)7-5(2)8(10)13-9(11)12-7/h3-4H2,1-2H3. The first-order chi connectivity index (χ1) is 6.56. The van der Waals surface area contributed by atoms with Gasteiger partial charge in [-0.1, -0.05) is 18.2 Å². The first-order valence-corrected chi connectivity index (χ1v) is 4.83. The maximum absolute atomic E-state index is 5.83. The Balaban J connectivity index is 3.13. The summed E-state index contributed by atoms with van der Waals surface area (Å²) in [6, 6.07) is 0. The third kappa shape index (κ3) is 2.36. The van der Waals surface area contributed by atoms with E-state index in [1.54, 1.807) is 6.92 Å². The molecule has 0 amide bonds. The van der Waals surface area contributed by atoms with Gasteiger partial charge in [0.15, 0.2) is 0 Å². The summed E-state index contributed by atoms with van der Waals surface area (Å²) in [6.07, 6.45) is 0. The summed E-state index contributed by atoms with van der Waals surface area (Å²) < 4.78 is 5.22. The van der Waals surface area contributed by atoms with Crippen molar-refractivity contribution in [1.29, 1.82) is 0 Å². The lowest BCUT2D eigenvalue weighted by Gasteiger charge is -2.09. The van der Waals surface area contributed by atoms with E-state index in [2.05, 4.69) is 16.5 Å². The molecule has 0 N–H and O–H groups in total. The van der Waals surface area contributed by atoms with E-state index >= 15 is 0 Å². The van der Waals surface area contributed by atoms with Gasteiger partial charge < -0.3 is 4.74 Å². The van der Waals surface area contributed by atoms with Gasteiger partial charge in [-0.15, -0.1) is 0 Å². The summed E-state index contributed by atoms with van der Waals surface area (Å²) >= 11 is 11.5. The fourth-order valence-electron chi connectivity index (χ4n) is 0.978. The maximum atomic E-state index is 5.83. The number of hydrogen-bond donors (Lipinski definition) is 0. The van der Waals surface area contributed by atoms with Gasteiger partial charge in [0, 0.05) is 5.56 Å². The van der Waals surface area contributed by atoms with E-state index in [0.29, 0.717) is 23.2 Å². The molecule has 0 saturated carbocycles. The Labute approximate surface area is 92.7 Å². The molecule has 0 aliphatic heterocycles. The predicted octanol–water partition coefficient (Wildman–Crippen LogP) is 3.10. The molecule has 5 heteroatoms. The Bertz CT molecular complexity index is 366. The van der Waals surface area contributed by atoms with Crippen LogP contribution in [0.4, 0.5) is 0 Å². The van der Waals surface area contributed by atoms with Crippen molar-refractivity contribution in [3.63, 3.8) is 0 Å². The molecular formula is C9H10Cl2N2O. The van der Waals surface area contributed by atoms with E-state index in [1.165, 1.54) is 0 Å². The Morgan fingerprint density at radius 3 is 2.64 bits per heavy atom. The van der Waals surface area contributed by atoms with E-state index in [0.717, 1.165) is 5.56 Å².